The Hall–Kier alpha value is -1.47. The first-order valence-electron chi connectivity index (χ1n) is 6.99. The van der Waals surface area contributed by atoms with E-state index in [1.165, 1.54) is 0 Å². The molecule has 1 aromatic rings. The van der Waals surface area contributed by atoms with Crippen LogP contribution in [0.15, 0.2) is 0 Å². The highest BCUT2D eigenvalue weighted by atomic mass is 16.7. The Balaban J connectivity index is 1.93. The lowest BCUT2D eigenvalue weighted by molar-refractivity contribution is -0.163. The van der Waals surface area contributed by atoms with E-state index in [1.54, 1.807) is 4.68 Å². The molecule has 2 rings (SSSR count). The summed E-state index contributed by atoms with van der Waals surface area (Å²) in [5.74, 6) is -1.00. The van der Waals surface area contributed by atoms with Crippen LogP contribution in [-0.4, -0.2) is 45.6 Å². The Bertz CT molecular complexity index is 452. The molecule has 7 heteroatoms. The minimum atomic E-state index is -1.04. The number of aromatic nitrogens is 3. The molecule has 2 heterocycles. The average Bonchev–Trinajstić information content (AvgIpc) is 2.84. The van der Waals surface area contributed by atoms with Crippen molar-refractivity contribution in [3.05, 3.63) is 11.4 Å². The SMILES string of the molecule is CC(C)c1c(C(=O)O)nnn1CCOC1CCCCO1. The first-order valence-corrected chi connectivity index (χ1v) is 6.99. The minimum Gasteiger partial charge on any atom is -0.476 e. The predicted molar refractivity (Wildman–Crippen MR) is 70.6 cm³/mol. The highest BCUT2D eigenvalue weighted by molar-refractivity contribution is 5.86. The summed E-state index contributed by atoms with van der Waals surface area (Å²) in [6, 6.07) is 0. The van der Waals surface area contributed by atoms with Gasteiger partial charge in [0.15, 0.2) is 12.0 Å². The average molecular weight is 283 g/mol. The van der Waals surface area contributed by atoms with E-state index < -0.39 is 5.97 Å². The van der Waals surface area contributed by atoms with Gasteiger partial charge in [0.2, 0.25) is 0 Å². The molecule has 1 aliphatic rings. The van der Waals surface area contributed by atoms with E-state index >= 15 is 0 Å². The molecule has 1 N–H and O–H groups in total. The highest BCUT2D eigenvalue weighted by Gasteiger charge is 2.21. The summed E-state index contributed by atoms with van der Waals surface area (Å²) in [5.41, 5.74) is 0.652. The van der Waals surface area contributed by atoms with Gasteiger partial charge in [-0.2, -0.15) is 0 Å². The summed E-state index contributed by atoms with van der Waals surface area (Å²) in [6.07, 6.45) is 2.97. The van der Waals surface area contributed by atoms with Crippen LogP contribution in [0.1, 0.15) is 55.2 Å². The second-order valence-corrected chi connectivity index (χ2v) is 5.17. The maximum atomic E-state index is 11.1. The molecule has 1 atom stereocenters. The summed E-state index contributed by atoms with van der Waals surface area (Å²) in [7, 11) is 0. The molecule has 112 valence electrons. The number of carboxylic acid groups (broad SMARTS) is 1. The lowest BCUT2D eigenvalue weighted by Crippen LogP contribution is -2.24. The number of carboxylic acids is 1. The number of ether oxygens (including phenoxy) is 2. The van der Waals surface area contributed by atoms with E-state index in [0.29, 0.717) is 18.8 Å². The second-order valence-electron chi connectivity index (χ2n) is 5.17. The number of nitrogens with zero attached hydrogens (tertiary/aromatic N) is 3. The van der Waals surface area contributed by atoms with E-state index in [1.807, 2.05) is 13.8 Å². The molecule has 0 aliphatic carbocycles. The largest absolute Gasteiger partial charge is 0.476 e. The summed E-state index contributed by atoms with van der Waals surface area (Å²) in [5, 5.41) is 16.7. The van der Waals surface area contributed by atoms with Gasteiger partial charge in [-0.25, -0.2) is 9.48 Å². The van der Waals surface area contributed by atoms with Crippen molar-refractivity contribution >= 4 is 5.97 Å². The molecule has 1 saturated heterocycles. The second kappa shape index (κ2) is 6.81. The molecule has 1 aliphatic heterocycles. The smallest absolute Gasteiger partial charge is 0.358 e. The third kappa shape index (κ3) is 3.55. The van der Waals surface area contributed by atoms with Crippen molar-refractivity contribution in [3.8, 4) is 0 Å². The molecule has 20 heavy (non-hydrogen) atoms. The molecule has 0 amide bonds. The monoisotopic (exact) mass is 283 g/mol. The topological polar surface area (TPSA) is 86.5 Å². The highest BCUT2D eigenvalue weighted by Crippen LogP contribution is 2.18. The van der Waals surface area contributed by atoms with Crippen LogP contribution in [0.2, 0.25) is 0 Å². The maximum Gasteiger partial charge on any atom is 0.358 e. The molecule has 0 aromatic carbocycles. The first-order chi connectivity index (χ1) is 9.59. The zero-order valence-corrected chi connectivity index (χ0v) is 11.9. The van der Waals surface area contributed by atoms with E-state index in [9.17, 15) is 4.79 Å². The molecular formula is C13H21N3O4. The van der Waals surface area contributed by atoms with Gasteiger partial charge in [-0.1, -0.05) is 19.1 Å². The molecule has 1 aromatic heterocycles. The van der Waals surface area contributed by atoms with Gasteiger partial charge in [-0.15, -0.1) is 5.10 Å². The molecule has 0 saturated carbocycles. The van der Waals surface area contributed by atoms with Gasteiger partial charge in [-0.3, -0.25) is 0 Å². The van der Waals surface area contributed by atoms with E-state index in [4.69, 9.17) is 14.6 Å². The Labute approximate surface area is 117 Å². The van der Waals surface area contributed by atoms with Crippen LogP contribution in [0.4, 0.5) is 0 Å². The third-order valence-electron chi connectivity index (χ3n) is 3.27. The fourth-order valence-electron chi connectivity index (χ4n) is 2.32. The molecule has 0 bridgehead atoms. The van der Waals surface area contributed by atoms with Gasteiger partial charge in [0.05, 0.1) is 18.8 Å². The molecule has 7 nitrogen and oxygen atoms in total. The summed E-state index contributed by atoms with van der Waals surface area (Å²) in [6.45, 7) is 5.51. The van der Waals surface area contributed by atoms with Crippen molar-refractivity contribution in [2.75, 3.05) is 13.2 Å². The van der Waals surface area contributed by atoms with Gasteiger partial charge in [0, 0.05) is 6.61 Å². The predicted octanol–water partition coefficient (Wildman–Crippen LogP) is 1.64. The Morgan fingerprint density at radius 1 is 1.55 bits per heavy atom. The normalized spacial score (nSPS) is 19.4. The Morgan fingerprint density at radius 3 is 2.95 bits per heavy atom. The molecule has 1 fully saturated rings. The zero-order chi connectivity index (χ0) is 14.5. The number of carbonyl (C=O) groups is 1. The fraction of sp³-hybridized carbons (Fsp3) is 0.769. The number of rotatable bonds is 6. The summed E-state index contributed by atoms with van der Waals surface area (Å²) in [4.78, 5) is 11.1. The number of hydrogen-bond donors (Lipinski definition) is 1. The molecular weight excluding hydrogens is 262 g/mol. The van der Waals surface area contributed by atoms with Gasteiger partial charge in [0.25, 0.3) is 0 Å². The fourth-order valence-corrected chi connectivity index (χ4v) is 2.32. The van der Waals surface area contributed by atoms with Crippen LogP contribution < -0.4 is 0 Å². The van der Waals surface area contributed by atoms with Gasteiger partial charge >= 0.3 is 5.97 Å². The van der Waals surface area contributed by atoms with Gasteiger partial charge in [0.1, 0.15) is 0 Å². The number of aromatic carboxylic acids is 1. The van der Waals surface area contributed by atoms with Crippen molar-refractivity contribution in [3.63, 3.8) is 0 Å². The Kier molecular flexibility index (Phi) is 5.08. The van der Waals surface area contributed by atoms with Gasteiger partial charge < -0.3 is 14.6 Å². The van der Waals surface area contributed by atoms with Crippen molar-refractivity contribution in [1.82, 2.24) is 15.0 Å². The molecule has 0 radical (unpaired) electrons. The van der Waals surface area contributed by atoms with Crippen LogP contribution in [0, 0.1) is 0 Å². The van der Waals surface area contributed by atoms with Gasteiger partial charge in [-0.05, 0) is 25.2 Å². The lowest BCUT2D eigenvalue weighted by atomic mass is 10.1. The van der Waals surface area contributed by atoms with Crippen LogP contribution in [-0.2, 0) is 16.0 Å². The standard InChI is InChI=1S/C13H21N3O4/c1-9(2)12-11(13(17)18)14-15-16(12)6-8-20-10-5-3-4-7-19-10/h9-10H,3-8H2,1-2H3,(H,17,18). The van der Waals surface area contributed by atoms with Crippen LogP contribution >= 0.6 is 0 Å². The van der Waals surface area contributed by atoms with Crippen molar-refractivity contribution < 1.29 is 19.4 Å². The maximum absolute atomic E-state index is 11.1. The first kappa shape index (κ1) is 14.9. The van der Waals surface area contributed by atoms with Crippen LogP contribution in [0.25, 0.3) is 0 Å². The number of hydrogen-bond acceptors (Lipinski definition) is 5. The Morgan fingerprint density at radius 2 is 2.35 bits per heavy atom. The lowest BCUT2D eigenvalue weighted by Gasteiger charge is -2.22. The molecule has 0 spiro atoms. The summed E-state index contributed by atoms with van der Waals surface area (Å²) >= 11 is 0. The van der Waals surface area contributed by atoms with E-state index in [0.717, 1.165) is 25.9 Å². The third-order valence-corrected chi connectivity index (χ3v) is 3.27. The van der Waals surface area contributed by atoms with Crippen LogP contribution in [0.3, 0.4) is 0 Å². The minimum absolute atomic E-state index is 0.0221. The van der Waals surface area contributed by atoms with E-state index in [2.05, 4.69) is 10.3 Å². The summed E-state index contributed by atoms with van der Waals surface area (Å²) < 4.78 is 12.7. The van der Waals surface area contributed by atoms with Crippen molar-refractivity contribution in [2.24, 2.45) is 0 Å². The van der Waals surface area contributed by atoms with Crippen molar-refractivity contribution in [2.45, 2.75) is 51.9 Å². The van der Waals surface area contributed by atoms with Crippen molar-refractivity contribution in [1.29, 1.82) is 0 Å². The molecule has 1 unspecified atom stereocenters. The van der Waals surface area contributed by atoms with E-state index in [-0.39, 0.29) is 17.9 Å². The quantitative estimate of drug-likeness (QED) is 0.854. The van der Waals surface area contributed by atoms with Crippen LogP contribution in [0.5, 0.6) is 0 Å². The zero-order valence-electron chi connectivity index (χ0n) is 11.9.